The molecule has 98 valence electrons. The first kappa shape index (κ1) is 11.9. The monoisotopic (exact) mass is 260 g/mol. The minimum atomic E-state index is -0.364. The lowest BCUT2D eigenvalue weighted by Gasteiger charge is -2.09. The van der Waals surface area contributed by atoms with Crippen molar-refractivity contribution in [3.8, 4) is 0 Å². The second-order valence-corrected chi connectivity index (χ2v) is 4.39. The minimum absolute atomic E-state index is 0.296. The Morgan fingerprint density at radius 1 is 1.42 bits per heavy atom. The van der Waals surface area contributed by atoms with E-state index < -0.39 is 0 Å². The van der Waals surface area contributed by atoms with Crippen molar-refractivity contribution in [2.24, 2.45) is 12.9 Å². The van der Waals surface area contributed by atoms with Crippen LogP contribution in [0.2, 0.25) is 0 Å². The molecule has 3 aromatic rings. The Hall–Kier alpha value is -2.18. The van der Waals surface area contributed by atoms with Crippen molar-refractivity contribution in [2.45, 2.75) is 6.04 Å². The van der Waals surface area contributed by atoms with Crippen LogP contribution < -0.4 is 11.3 Å². The summed E-state index contributed by atoms with van der Waals surface area (Å²) in [4.78, 5) is 4.24. The van der Waals surface area contributed by atoms with Gasteiger partial charge in [-0.2, -0.15) is 0 Å². The Balaban J connectivity index is 2.06. The van der Waals surface area contributed by atoms with Crippen molar-refractivity contribution >= 4 is 11.0 Å². The van der Waals surface area contributed by atoms with Gasteiger partial charge in [-0.25, -0.2) is 14.8 Å². The molecule has 0 radical (unpaired) electrons. The largest absolute Gasteiger partial charge is 0.459 e. The maximum absolute atomic E-state index is 13.2. The highest BCUT2D eigenvalue weighted by molar-refractivity contribution is 5.78. The summed E-state index contributed by atoms with van der Waals surface area (Å²) in [5.41, 5.74) is 4.02. The van der Waals surface area contributed by atoms with E-state index in [2.05, 4.69) is 10.4 Å². The van der Waals surface area contributed by atoms with Gasteiger partial charge in [-0.1, -0.05) is 0 Å². The van der Waals surface area contributed by atoms with E-state index in [0.717, 1.165) is 5.69 Å². The summed E-state index contributed by atoms with van der Waals surface area (Å²) < 4.78 is 20.7. The number of aromatic nitrogens is 2. The van der Waals surface area contributed by atoms with E-state index in [1.165, 1.54) is 12.1 Å². The molecular weight excluding hydrogens is 247 g/mol. The second-order valence-electron chi connectivity index (χ2n) is 4.39. The van der Waals surface area contributed by atoms with Crippen LogP contribution in [0.15, 0.2) is 41.2 Å². The third-order valence-corrected chi connectivity index (χ3v) is 2.97. The van der Waals surface area contributed by atoms with Crippen molar-refractivity contribution in [1.82, 2.24) is 15.0 Å². The highest BCUT2D eigenvalue weighted by Crippen LogP contribution is 2.27. The van der Waals surface area contributed by atoms with Crippen LogP contribution in [0, 0.1) is 5.82 Å². The van der Waals surface area contributed by atoms with Crippen molar-refractivity contribution in [3.63, 3.8) is 0 Å². The number of hydrogen-bond donors (Lipinski definition) is 2. The third kappa shape index (κ3) is 2.11. The van der Waals surface area contributed by atoms with Gasteiger partial charge in [-0.05, 0) is 24.3 Å². The lowest BCUT2D eigenvalue weighted by molar-refractivity contribution is 0.472. The summed E-state index contributed by atoms with van der Waals surface area (Å²) in [5.74, 6) is 5.87. The van der Waals surface area contributed by atoms with Gasteiger partial charge >= 0.3 is 0 Å². The number of aryl methyl sites for hydroxylation is 1. The number of nitrogens with zero attached hydrogens (tertiary/aromatic N) is 2. The predicted molar refractivity (Wildman–Crippen MR) is 68.5 cm³/mol. The molecule has 19 heavy (non-hydrogen) atoms. The van der Waals surface area contributed by atoms with E-state index in [4.69, 9.17) is 10.3 Å². The molecule has 1 atom stereocenters. The molecule has 0 saturated carbocycles. The highest BCUT2D eigenvalue weighted by atomic mass is 19.1. The SMILES string of the molecule is Cn1cnc(C(NN)c2cc3cc(F)ccc3o2)c1. The van der Waals surface area contributed by atoms with Crippen LogP contribution in [-0.2, 0) is 7.05 Å². The summed E-state index contributed by atoms with van der Waals surface area (Å²) >= 11 is 0. The second kappa shape index (κ2) is 4.49. The summed E-state index contributed by atoms with van der Waals surface area (Å²) in [5, 5.41) is 0.700. The van der Waals surface area contributed by atoms with Gasteiger partial charge in [-0.15, -0.1) is 0 Å². The molecule has 3 N–H and O–H groups in total. The fraction of sp³-hybridized carbons (Fsp3) is 0.154. The number of fused-ring (bicyclic) bond motifs is 1. The minimum Gasteiger partial charge on any atom is -0.459 e. The molecule has 3 rings (SSSR count). The Bertz CT molecular complexity index is 718. The van der Waals surface area contributed by atoms with E-state index in [-0.39, 0.29) is 11.9 Å². The average Bonchev–Trinajstić information content (AvgIpc) is 2.96. The number of rotatable bonds is 3. The van der Waals surface area contributed by atoms with Gasteiger partial charge in [0, 0.05) is 18.6 Å². The lowest BCUT2D eigenvalue weighted by Crippen LogP contribution is -2.28. The zero-order valence-corrected chi connectivity index (χ0v) is 10.3. The number of furan rings is 1. The molecule has 2 heterocycles. The number of imidazole rings is 1. The van der Waals surface area contributed by atoms with E-state index >= 15 is 0 Å². The van der Waals surface area contributed by atoms with Gasteiger partial charge in [0.1, 0.15) is 23.2 Å². The molecule has 0 aliphatic heterocycles. The van der Waals surface area contributed by atoms with Crippen molar-refractivity contribution in [2.75, 3.05) is 0 Å². The fourth-order valence-corrected chi connectivity index (χ4v) is 2.07. The number of nitrogens with one attached hydrogen (secondary N) is 1. The normalized spacial score (nSPS) is 13.0. The molecular formula is C13H13FN4O. The molecule has 0 fully saturated rings. The number of nitrogens with two attached hydrogens (primary N) is 1. The first-order chi connectivity index (χ1) is 9.17. The Kier molecular flexibility index (Phi) is 2.81. The summed E-state index contributed by atoms with van der Waals surface area (Å²) in [7, 11) is 1.87. The maximum atomic E-state index is 13.2. The molecule has 0 spiro atoms. The van der Waals surface area contributed by atoms with E-state index in [9.17, 15) is 4.39 Å². The molecule has 6 heteroatoms. The van der Waals surface area contributed by atoms with Gasteiger partial charge in [0.25, 0.3) is 0 Å². The van der Waals surface area contributed by atoms with E-state index in [0.29, 0.717) is 16.7 Å². The van der Waals surface area contributed by atoms with Crippen LogP contribution in [0.1, 0.15) is 17.5 Å². The van der Waals surface area contributed by atoms with Gasteiger partial charge in [-0.3, -0.25) is 5.84 Å². The van der Waals surface area contributed by atoms with Crippen molar-refractivity contribution in [3.05, 3.63) is 54.1 Å². The molecule has 0 bridgehead atoms. The van der Waals surface area contributed by atoms with Gasteiger partial charge in [0.2, 0.25) is 0 Å². The molecule has 1 aromatic carbocycles. The lowest BCUT2D eigenvalue weighted by atomic mass is 10.1. The van der Waals surface area contributed by atoms with E-state index in [1.807, 2.05) is 17.8 Å². The summed E-state index contributed by atoms with van der Waals surface area (Å²) in [6.45, 7) is 0. The van der Waals surface area contributed by atoms with Gasteiger partial charge < -0.3 is 8.98 Å². The van der Waals surface area contributed by atoms with Crippen LogP contribution in [-0.4, -0.2) is 9.55 Å². The van der Waals surface area contributed by atoms with Gasteiger partial charge in [0.05, 0.1) is 12.0 Å². The highest BCUT2D eigenvalue weighted by Gasteiger charge is 2.19. The maximum Gasteiger partial charge on any atom is 0.134 e. The number of hydrogen-bond acceptors (Lipinski definition) is 4. The van der Waals surface area contributed by atoms with Crippen LogP contribution in [0.4, 0.5) is 4.39 Å². The third-order valence-electron chi connectivity index (χ3n) is 2.97. The zero-order valence-electron chi connectivity index (χ0n) is 10.3. The topological polar surface area (TPSA) is 69.0 Å². The molecule has 0 aliphatic carbocycles. The first-order valence-corrected chi connectivity index (χ1v) is 5.80. The number of hydrazine groups is 1. The molecule has 0 saturated heterocycles. The Labute approximate surface area is 108 Å². The number of benzene rings is 1. The number of halogens is 1. The van der Waals surface area contributed by atoms with Crippen molar-refractivity contribution < 1.29 is 8.81 Å². The molecule has 0 aliphatic rings. The summed E-state index contributed by atoms with van der Waals surface area (Å²) in [6.07, 6.45) is 3.53. The smallest absolute Gasteiger partial charge is 0.134 e. The zero-order chi connectivity index (χ0) is 13.4. The fourth-order valence-electron chi connectivity index (χ4n) is 2.07. The quantitative estimate of drug-likeness (QED) is 0.557. The average molecular weight is 260 g/mol. The molecule has 5 nitrogen and oxygen atoms in total. The van der Waals surface area contributed by atoms with Crippen LogP contribution in [0.3, 0.4) is 0 Å². The molecule has 2 aromatic heterocycles. The molecule has 0 amide bonds. The standard InChI is InChI=1S/C13H13FN4O/c1-18-6-10(16-7-18)13(17-15)12-5-8-4-9(14)2-3-11(8)19-12/h2-7,13,17H,15H2,1H3. The van der Waals surface area contributed by atoms with Gasteiger partial charge in [0.15, 0.2) is 0 Å². The van der Waals surface area contributed by atoms with E-state index in [1.54, 1.807) is 18.5 Å². The van der Waals surface area contributed by atoms with Crippen LogP contribution in [0.25, 0.3) is 11.0 Å². The molecule has 1 unspecified atom stereocenters. The van der Waals surface area contributed by atoms with Crippen molar-refractivity contribution in [1.29, 1.82) is 0 Å². The Morgan fingerprint density at radius 3 is 2.95 bits per heavy atom. The van der Waals surface area contributed by atoms with Crippen LogP contribution >= 0.6 is 0 Å². The Morgan fingerprint density at radius 2 is 2.26 bits per heavy atom. The summed E-state index contributed by atoms with van der Waals surface area (Å²) in [6, 6.07) is 5.78. The first-order valence-electron chi connectivity index (χ1n) is 5.80. The van der Waals surface area contributed by atoms with Crippen LogP contribution in [0.5, 0.6) is 0 Å². The predicted octanol–water partition coefficient (Wildman–Crippen LogP) is 1.86.